The lowest BCUT2D eigenvalue weighted by Gasteiger charge is -2.28. The predicted octanol–water partition coefficient (Wildman–Crippen LogP) is 4.25. The third-order valence-electron chi connectivity index (χ3n) is 5.63. The van der Waals surface area contributed by atoms with Gasteiger partial charge in [-0.1, -0.05) is 13.8 Å². The number of ether oxygens (including phenoxy) is 3. The van der Waals surface area contributed by atoms with Gasteiger partial charge in [0, 0.05) is 29.4 Å². The van der Waals surface area contributed by atoms with Gasteiger partial charge < -0.3 is 24.4 Å². The minimum Gasteiger partial charge on any atom is -0.493 e. The molecule has 2 atom stereocenters. The van der Waals surface area contributed by atoms with Crippen molar-refractivity contribution in [2.45, 2.75) is 52.3 Å². The third kappa shape index (κ3) is 4.76. The highest BCUT2D eigenvalue weighted by Crippen LogP contribution is 2.31. The lowest BCUT2D eigenvalue weighted by molar-refractivity contribution is -0.140. The summed E-state index contributed by atoms with van der Waals surface area (Å²) in [5, 5.41) is 2.92. The number of carbonyl (C=O) groups excluding carboxylic acids is 2. The Bertz CT molecular complexity index is 959. The Morgan fingerprint density at radius 2 is 1.90 bits per heavy atom. The van der Waals surface area contributed by atoms with Crippen LogP contribution in [-0.4, -0.2) is 43.1 Å². The van der Waals surface area contributed by atoms with Crippen molar-refractivity contribution in [3.05, 3.63) is 47.5 Å². The summed E-state index contributed by atoms with van der Waals surface area (Å²) in [6.45, 7) is 6.49. The maximum absolute atomic E-state index is 12.9. The third-order valence-corrected chi connectivity index (χ3v) is 5.63. The number of nitrogens with zero attached hydrogens (tertiary/aromatic N) is 1. The van der Waals surface area contributed by atoms with E-state index in [1.807, 2.05) is 30.9 Å². The van der Waals surface area contributed by atoms with Gasteiger partial charge in [0.05, 0.1) is 14.2 Å². The van der Waals surface area contributed by atoms with E-state index in [0.717, 1.165) is 12.0 Å². The second-order valence-corrected chi connectivity index (χ2v) is 7.58. The molecule has 0 saturated carbocycles. The molecule has 2 amide bonds. The summed E-state index contributed by atoms with van der Waals surface area (Å²) in [4.78, 5) is 27.6. The monoisotopic (exact) mass is 426 g/mol. The summed E-state index contributed by atoms with van der Waals surface area (Å²) in [5.41, 5.74) is 1.95. The molecular weight excluding hydrogens is 396 g/mol. The number of fused-ring (bicyclic) bond motifs is 1. The van der Waals surface area contributed by atoms with E-state index in [0.29, 0.717) is 41.5 Å². The van der Waals surface area contributed by atoms with Crippen LogP contribution in [0.15, 0.2) is 36.4 Å². The summed E-state index contributed by atoms with van der Waals surface area (Å²) in [6.07, 6.45) is 0.957. The van der Waals surface area contributed by atoms with Gasteiger partial charge in [-0.3, -0.25) is 9.59 Å². The Labute approximate surface area is 183 Å². The molecule has 0 unspecified atom stereocenters. The molecule has 0 saturated heterocycles. The van der Waals surface area contributed by atoms with E-state index in [1.165, 1.54) is 7.11 Å². The molecule has 166 valence electrons. The molecule has 1 N–H and O–H groups in total. The van der Waals surface area contributed by atoms with E-state index < -0.39 is 6.10 Å². The van der Waals surface area contributed by atoms with Crippen LogP contribution in [0.5, 0.6) is 17.2 Å². The van der Waals surface area contributed by atoms with Crippen LogP contribution >= 0.6 is 0 Å². The van der Waals surface area contributed by atoms with Crippen molar-refractivity contribution in [1.82, 2.24) is 4.90 Å². The van der Waals surface area contributed by atoms with E-state index in [9.17, 15) is 9.59 Å². The quantitative estimate of drug-likeness (QED) is 0.716. The summed E-state index contributed by atoms with van der Waals surface area (Å²) >= 11 is 0. The van der Waals surface area contributed by atoms with Crippen molar-refractivity contribution in [1.29, 1.82) is 0 Å². The molecule has 7 nitrogen and oxygen atoms in total. The molecule has 0 radical (unpaired) electrons. The molecule has 3 rings (SSSR count). The first-order valence-electron chi connectivity index (χ1n) is 10.5. The highest BCUT2D eigenvalue weighted by molar-refractivity contribution is 6.04. The van der Waals surface area contributed by atoms with Gasteiger partial charge in [0.1, 0.15) is 5.75 Å². The minimum absolute atomic E-state index is 0.00367. The van der Waals surface area contributed by atoms with Crippen LogP contribution in [0.25, 0.3) is 0 Å². The minimum atomic E-state index is -0.498. The molecule has 0 fully saturated rings. The van der Waals surface area contributed by atoms with Gasteiger partial charge in [-0.15, -0.1) is 0 Å². The zero-order valence-corrected chi connectivity index (χ0v) is 18.7. The van der Waals surface area contributed by atoms with Gasteiger partial charge in [-0.25, -0.2) is 0 Å². The standard InChI is InChI=1S/C24H30N2O5/c1-6-15(3)26-14-17-12-18(9-11-20(17)31-19(7-2)24(26)28)25-23(27)16-8-10-21(29-4)22(13-16)30-5/h8-13,15,19H,6-7,14H2,1-5H3,(H,25,27)/t15-,19+/m0/s1. The topological polar surface area (TPSA) is 77.1 Å². The van der Waals surface area contributed by atoms with Crippen molar-refractivity contribution in [2.24, 2.45) is 0 Å². The van der Waals surface area contributed by atoms with E-state index in [-0.39, 0.29) is 17.9 Å². The summed E-state index contributed by atoms with van der Waals surface area (Å²) in [7, 11) is 3.08. The molecule has 7 heteroatoms. The van der Waals surface area contributed by atoms with Crippen LogP contribution in [0.2, 0.25) is 0 Å². The number of carbonyl (C=O) groups is 2. The second-order valence-electron chi connectivity index (χ2n) is 7.58. The number of hydrogen-bond donors (Lipinski definition) is 1. The fourth-order valence-corrected chi connectivity index (χ4v) is 3.58. The average Bonchev–Trinajstić information content (AvgIpc) is 2.93. The van der Waals surface area contributed by atoms with Gasteiger partial charge in [0.2, 0.25) is 0 Å². The zero-order valence-electron chi connectivity index (χ0n) is 18.7. The van der Waals surface area contributed by atoms with E-state index in [1.54, 1.807) is 31.4 Å². The first kappa shape index (κ1) is 22.5. The highest BCUT2D eigenvalue weighted by atomic mass is 16.5. The van der Waals surface area contributed by atoms with Crippen molar-refractivity contribution in [3.8, 4) is 17.2 Å². The normalized spacial score (nSPS) is 16.6. The van der Waals surface area contributed by atoms with Gasteiger partial charge in [0.15, 0.2) is 17.6 Å². The molecule has 1 heterocycles. The van der Waals surface area contributed by atoms with Gasteiger partial charge in [-0.05, 0) is 56.2 Å². The molecule has 0 bridgehead atoms. The molecule has 2 aromatic carbocycles. The highest BCUT2D eigenvalue weighted by Gasteiger charge is 2.32. The molecule has 1 aliphatic heterocycles. The smallest absolute Gasteiger partial charge is 0.264 e. The Morgan fingerprint density at radius 3 is 2.55 bits per heavy atom. The van der Waals surface area contributed by atoms with Gasteiger partial charge in [0.25, 0.3) is 11.8 Å². The Balaban J connectivity index is 1.86. The SMILES string of the molecule is CC[C@H]1Oc2ccc(NC(=O)c3ccc(OC)c(OC)c3)cc2CN([C@@H](C)CC)C1=O. The largest absolute Gasteiger partial charge is 0.493 e. The lowest BCUT2D eigenvalue weighted by atomic mass is 10.1. The van der Waals surface area contributed by atoms with Crippen LogP contribution in [0.4, 0.5) is 5.69 Å². The van der Waals surface area contributed by atoms with Crippen molar-refractivity contribution in [3.63, 3.8) is 0 Å². The second kappa shape index (κ2) is 9.73. The Hall–Kier alpha value is -3.22. The van der Waals surface area contributed by atoms with E-state index >= 15 is 0 Å². The molecule has 0 aromatic heterocycles. The van der Waals surface area contributed by atoms with Crippen LogP contribution in [-0.2, 0) is 11.3 Å². The fourth-order valence-electron chi connectivity index (χ4n) is 3.58. The van der Waals surface area contributed by atoms with Crippen molar-refractivity contribution in [2.75, 3.05) is 19.5 Å². The maximum atomic E-state index is 12.9. The van der Waals surface area contributed by atoms with Crippen molar-refractivity contribution < 1.29 is 23.8 Å². The van der Waals surface area contributed by atoms with Gasteiger partial charge >= 0.3 is 0 Å². The van der Waals surface area contributed by atoms with Crippen LogP contribution in [0.1, 0.15) is 49.5 Å². The van der Waals surface area contributed by atoms with Crippen LogP contribution < -0.4 is 19.5 Å². The number of rotatable bonds is 7. The Kier molecular flexibility index (Phi) is 7.05. The number of amides is 2. The molecular formula is C24H30N2O5. The first-order chi connectivity index (χ1) is 14.9. The number of methoxy groups -OCH3 is 2. The molecule has 1 aliphatic rings. The van der Waals surface area contributed by atoms with Crippen LogP contribution in [0.3, 0.4) is 0 Å². The molecule has 31 heavy (non-hydrogen) atoms. The van der Waals surface area contributed by atoms with Gasteiger partial charge in [-0.2, -0.15) is 0 Å². The first-order valence-corrected chi connectivity index (χ1v) is 10.5. The average molecular weight is 427 g/mol. The van der Waals surface area contributed by atoms with Crippen molar-refractivity contribution >= 4 is 17.5 Å². The molecule has 2 aromatic rings. The fraction of sp³-hybridized carbons (Fsp3) is 0.417. The molecule has 0 spiro atoms. The Morgan fingerprint density at radius 1 is 1.16 bits per heavy atom. The zero-order chi connectivity index (χ0) is 22.5. The van der Waals surface area contributed by atoms with E-state index in [4.69, 9.17) is 14.2 Å². The maximum Gasteiger partial charge on any atom is 0.264 e. The number of anilines is 1. The predicted molar refractivity (Wildman–Crippen MR) is 119 cm³/mol. The summed E-state index contributed by atoms with van der Waals surface area (Å²) in [6, 6.07) is 10.6. The summed E-state index contributed by atoms with van der Waals surface area (Å²) < 4.78 is 16.5. The van der Waals surface area contributed by atoms with E-state index in [2.05, 4.69) is 12.2 Å². The summed E-state index contributed by atoms with van der Waals surface area (Å²) in [5.74, 6) is 1.45. The van der Waals surface area contributed by atoms with Crippen LogP contribution in [0, 0.1) is 0 Å². The lowest BCUT2D eigenvalue weighted by Crippen LogP contribution is -2.43. The number of nitrogens with one attached hydrogen (secondary N) is 1. The number of hydrogen-bond acceptors (Lipinski definition) is 5. The number of benzene rings is 2. The molecule has 0 aliphatic carbocycles.